The SMILES string of the molecule is CNc1ncc(C(F)(F)F)cc1N.CNc1ncc(C(F)(F)F)cc1NC(=O)c1nc(Cl)ccc1Cl.O=C(Cl)c1nc(Cl)ccc1Cl.O=C(O)c1nc(Cl)ccc1Cl. The molecule has 0 unspecified atom stereocenters. The molecule has 5 aromatic heterocycles. The number of alkyl halides is 6. The third kappa shape index (κ3) is 15.3. The van der Waals surface area contributed by atoms with Crippen LogP contribution in [0.3, 0.4) is 0 Å². The molecule has 6 N–H and O–H groups in total. The normalized spacial score (nSPS) is 10.7. The van der Waals surface area contributed by atoms with Crippen molar-refractivity contribution in [2.45, 2.75) is 12.4 Å². The van der Waals surface area contributed by atoms with E-state index in [1.807, 2.05) is 0 Å². The second kappa shape index (κ2) is 21.9. The van der Waals surface area contributed by atoms with Crippen molar-refractivity contribution in [1.82, 2.24) is 24.9 Å². The first kappa shape index (κ1) is 49.5. The molecule has 0 aliphatic heterocycles. The van der Waals surface area contributed by atoms with E-state index in [1.54, 1.807) is 0 Å². The lowest BCUT2D eigenvalue weighted by Crippen LogP contribution is -2.17. The molecule has 0 aliphatic rings. The molecule has 0 aliphatic carbocycles. The Labute approximate surface area is 358 Å². The van der Waals surface area contributed by atoms with Gasteiger partial charge in [0.1, 0.15) is 38.5 Å². The van der Waals surface area contributed by atoms with E-state index in [1.165, 1.54) is 50.5 Å². The number of carboxylic acid groups (broad SMARTS) is 1. The number of nitrogens with two attached hydrogens (primary N) is 1. The van der Waals surface area contributed by atoms with E-state index >= 15 is 0 Å². The third-order valence-corrected chi connectivity index (χ3v) is 7.95. The Hall–Kier alpha value is -4.63. The molecule has 0 radical (unpaired) electrons. The first-order valence-corrected chi connectivity index (χ1v) is 17.5. The van der Waals surface area contributed by atoms with Crippen LogP contribution in [0.1, 0.15) is 42.6 Å². The van der Waals surface area contributed by atoms with E-state index < -0.39 is 40.6 Å². The first-order valence-electron chi connectivity index (χ1n) is 14.9. The van der Waals surface area contributed by atoms with Gasteiger partial charge in [-0.25, -0.2) is 29.7 Å². The highest BCUT2D eigenvalue weighted by Crippen LogP contribution is 2.33. The van der Waals surface area contributed by atoms with Crippen molar-refractivity contribution in [3.63, 3.8) is 0 Å². The van der Waals surface area contributed by atoms with Gasteiger partial charge in [-0.3, -0.25) is 9.59 Å². The van der Waals surface area contributed by atoms with Crippen LogP contribution in [0.4, 0.5) is 49.4 Å². The number of carboxylic acids is 1. The zero-order valence-electron chi connectivity index (χ0n) is 28.7. The van der Waals surface area contributed by atoms with Gasteiger partial charge in [-0.15, -0.1) is 0 Å². The van der Waals surface area contributed by atoms with E-state index in [0.717, 1.165) is 18.3 Å². The second-order valence-corrected chi connectivity index (χ2v) is 12.9. The number of nitrogen functional groups attached to an aromatic ring is 1. The number of aromatic carboxylic acids is 1. The zero-order valence-corrected chi connectivity index (χ0v) is 34.0. The van der Waals surface area contributed by atoms with Crippen LogP contribution in [0.2, 0.25) is 30.5 Å². The van der Waals surface area contributed by atoms with Gasteiger partial charge in [0, 0.05) is 26.5 Å². The summed E-state index contributed by atoms with van der Waals surface area (Å²) in [6, 6.07) is 10.1. The summed E-state index contributed by atoms with van der Waals surface area (Å²) in [6.45, 7) is 0. The molecule has 5 aromatic rings. The van der Waals surface area contributed by atoms with Crippen LogP contribution in [0, 0.1) is 0 Å². The molecule has 26 heteroatoms. The highest BCUT2D eigenvalue weighted by molar-refractivity contribution is 6.68. The number of hydrogen-bond donors (Lipinski definition) is 5. The number of nitrogens with zero attached hydrogens (tertiary/aromatic N) is 5. The Morgan fingerprint density at radius 2 is 1.03 bits per heavy atom. The third-order valence-electron chi connectivity index (χ3n) is 6.22. The fourth-order valence-electron chi connectivity index (χ4n) is 3.64. The Balaban J connectivity index is 0.000000284. The fraction of sp³-hybridized carbons (Fsp3) is 0.125. The van der Waals surface area contributed by atoms with Crippen molar-refractivity contribution >= 4 is 121 Å². The quantitative estimate of drug-likeness (QED) is 0.0614. The number of hydrogen-bond acceptors (Lipinski definition) is 11. The molecular weight excluding hydrogens is 937 g/mol. The van der Waals surface area contributed by atoms with Crippen molar-refractivity contribution in [1.29, 1.82) is 0 Å². The van der Waals surface area contributed by atoms with Crippen molar-refractivity contribution < 1.29 is 45.8 Å². The number of aromatic nitrogens is 5. The van der Waals surface area contributed by atoms with E-state index in [-0.39, 0.29) is 70.6 Å². The minimum Gasteiger partial charge on any atom is -0.476 e. The summed E-state index contributed by atoms with van der Waals surface area (Å²) in [6.07, 6.45) is -7.59. The predicted octanol–water partition coefficient (Wildman–Crippen LogP) is 10.7. The lowest BCUT2D eigenvalue weighted by molar-refractivity contribution is -0.138. The molecule has 0 spiro atoms. The maximum atomic E-state index is 12.8. The van der Waals surface area contributed by atoms with Crippen LogP contribution in [-0.2, 0) is 12.4 Å². The summed E-state index contributed by atoms with van der Waals surface area (Å²) < 4.78 is 74.5. The Kier molecular flexibility index (Phi) is 18.7. The standard InChI is InChI=1S/C13H9Cl2F3N4O.C7H8F3N3.C6H2Cl3NO.C6H3Cl2NO2/c1-19-11-8(4-6(5-20-11)13(16,17)18)21-12(23)10-7(14)2-3-9(15)22-10;1-12-6-5(11)2-4(3-13-6)7(8,9)10;7-3-1-2-4(8)10-5(3)6(9)11;7-3-1-2-4(8)9-5(3)6(10)11/h2-5H,1H3,(H,19,20)(H,21,23);2-3H,11H2,1H3,(H,12,13);1-2H;1-2H,(H,10,11). The Morgan fingerprint density at radius 1 is 0.638 bits per heavy atom. The topological polar surface area (TPSA) is 198 Å². The molecule has 0 fully saturated rings. The van der Waals surface area contributed by atoms with Gasteiger partial charge in [-0.05, 0) is 60.1 Å². The van der Waals surface area contributed by atoms with Crippen LogP contribution in [-0.4, -0.2) is 61.2 Å². The van der Waals surface area contributed by atoms with E-state index in [2.05, 4.69) is 40.9 Å². The highest BCUT2D eigenvalue weighted by Gasteiger charge is 2.32. The van der Waals surface area contributed by atoms with Gasteiger partial charge >= 0.3 is 18.3 Å². The van der Waals surface area contributed by atoms with Gasteiger partial charge in [0.25, 0.3) is 11.1 Å². The number of anilines is 4. The van der Waals surface area contributed by atoms with E-state index in [4.69, 9.17) is 92.0 Å². The maximum absolute atomic E-state index is 12.8. The van der Waals surface area contributed by atoms with Crippen molar-refractivity contribution in [3.8, 4) is 0 Å². The van der Waals surface area contributed by atoms with Gasteiger partial charge in [0.05, 0.1) is 37.6 Å². The molecule has 5 rings (SSSR count). The summed E-state index contributed by atoms with van der Waals surface area (Å²) in [5.41, 5.74) is 2.83. The van der Waals surface area contributed by atoms with Gasteiger partial charge in [0.2, 0.25) is 0 Å². The van der Waals surface area contributed by atoms with Crippen molar-refractivity contribution in [2.75, 3.05) is 35.8 Å². The molecular formula is C32H22Cl7F6N9O4. The van der Waals surface area contributed by atoms with Crippen LogP contribution in [0.25, 0.3) is 0 Å². The molecule has 58 heavy (non-hydrogen) atoms. The lowest BCUT2D eigenvalue weighted by atomic mass is 10.2. The Bertz CT molecular complexity index is 2210. The summed E-state index contributed by atoms with van der Waals surface area (Å²) in [7, 11) is 2.99. The number of amides is 1. The molecule has 13 nitrogen and oxygen atoms in total. The van der Waals surface area contributed by atoms with Gasteiger partial charge in [0.15, 0.2) is 5.69 Å². The maximum Gasteiger partial charge on any atom is 0.417 e. The predicted molar refractivity (Wildman–Crippen MR) is 210 cm³/mol. The van der Waals surface area contributed by atoms with Crippen LogP contribution in [0.15, 0.2) is 60.9 Å². The Morgan fingerprint density at radius 3 is 1.41 bits per heavy atom. The minimum absolute atomic E-state index is 0.0119. The van der Waals surface area contributed by atoms with E-state index in [0.29, 0.717) is 6.20 Å². The molecule has 310 valence electrons. The molecule has 0 bridgehead atoms. The fourth-order valence-corrected chi connectivity index (χ4v) is 4.85. The van der Waals surface area contributed by atoms with Crippen LogP contribution < -0.4 is 21.7 Å². The second-order valence-electron chi connectivity index (χ2n) is 10.2. The van der Waals surface area contributed by atoms with Gasteiger partial charge < -0.3 is 26.8 Å². The average Bonchev–Trinajstić information content (AvgIpc) is 3.14. The van der Waals surface area contributed by atoms with Crippen molar-refractivity contribution in [3.05, 3.63) is 120 Å². The van der Waals surface area contributed by atoms with Gasteiger partial charge in [-0.1, -0.05) is 69.6 Å². The molecule has 5 heterocycles. The first-order chi connectivity index (χ1) is 26.9. The zero-order chi connectivity index (χ0) is 44.1. The summed E-state index contributed by atoms with van der Waals surface area (Å²) in [4.78, 5) is 51.1. The highest BCUT2D eigenvalue weighted by atomic mass is 35.5. The van der Waals surface area contributed by atoms with E-state index in [9.17, 15) is 40.7 Å². The number of carbonyl (C=O) groups is 3. The summed E-state index contributed by atoms with van der Waals surface area (Å²) in [5, 5.41) is 15.9. The molecule has 0 saturated heterocycles. The number of rotatable bonds is 6. The lowest BCUT2D eigenvalue weighted by Gasteiger charge is -2.13. The molecule has 0 saturated carbocycles. The molecule has 0 atom stereocenters. The monoisotopic (exact) mass is 955 g/mol. The molecule has 1 amide bonds. The largest absolute Gasteiger partial charge is 0.476 e. The number of pyridine rings is 5. The number of carbonyl (C=O) groups excluding carboxylic acids is 2. The number of halogens is 13. The average molecular weight is 959 g/mol. The van der Waals surface area contributed by atoms with Crippen LogP contribution in [0.5, 0.6) is 0 Å². The minimum atomic E-state index is -4.59. The molecule has 0 aromatic carbocycles. The smallest absolute Gasteiger partial charge is 0.417 e. The number of nitrogens with one attached hydrogen (secondary N) is 3. The summed E-state index contributed by atoms with van der Waals surface area (Å²) in [5.74, 6) is -1.69. The van der Waals surface area contributed by atoms with Crippen LogP contribution >= 0.6 is 81.2 Å². The summed E-state index contributed by atoms with van der Waals surface area (Å²) >= 11 is 38.6. The van der Waals surface area contributed by atoms with Crippen molar-refractivity contribution in [2.24, 2.45) is 0 Å². The van der Waals surface area contributed by atoms with Gasteiger partial charge in [-0.2, -0.15) is 26.3 Å².